The van der Waals surface area contributed by atoms with Crippen LogP contribution in [0.5, 0.6) is 17.2 Å². The molecule has 2 N–H and O–H groups in total. The van der Waals surface area contributed by atoms with Crippen LogP contribution in [0.4, 0.5) is 4.39 Å². The Balaban J connectivity index is 1.69. The number of amides is 1. The SMILES string of the molecule is COc1cc(/C=C2/C(C)=C(CC(=O)NCc3cccn3C)c3cc(F)ccc32)cc(OC)c1O. The number of hydrogen-bond donors (Lipinski definition) is 2. The Labute approximate surface area is 197 Å². The zero-order valence-electron chi connectivity index (χ0n) is 19.6. The number of rotatable bonds is 7. The predicted molar refractivity (Wildman–Crippen MR) is 130 cm³/mol. The zero-order valence-corrected chi connectivity index (χ0v) is 19.6. The van der Waals surface area contributed by atoms with Crippen molar-refractivity contribution in [2.45, 2.75) is 19.9 Å². The number of halogens is 1. The van der Waals surface area contributed by atoms with Crippen molar-refractivity contribution in [3.8, 4) is 17.2 Å². The quantitative estimate of drug-likeness (QED) is 0.523. The van der Waals surface area contributed by atoms with E-state index in [0.717, 1.165) is 33.5 Å². The number of carbonyl (C=O) groups excluding carboxylic acids is 1. The first-order valence-electron chi connectivity index (χ1n) is 10.9. The Hall–Kier alpha value is -4.00. The third-order valence-corrected chi connectivity index (χ3v) is 6.12. The van der Waals surface area contributed by atoms with E-state index in [0.29, 0.717) is 12.1 Å². The minimum Gasteiger partial charge on any atom is -0.502 e. The number of allylic oxidation sites excluding steroid dienone is 2. The molecule has 1 heterocycles. The fourth-order valence-corrected chi connectivity index (χ4v) is 4.24. The van der Waals surface area contributed by atoms with Gasteiger partial charge in [0.05, 0.1) is 27.2 Å². The Bertz CT molecular complexity index is 1290. The monoisotopic (exact) mass is 462 g/mol. The smallest absolute Gasteiger partial charge is 0.224 e. The number of phenols is 1. The van der Waals surface area contributed by atoms with E-state index in [9.17, 15) is 14.3 Å². The van der Waals surface area contributed by atoms with E-state index < -0.39 is 0 Å². The van der Waals surface area contributed by atoms with E-state index in [1.807, 2.05) is 42.9 Å². The van der Waals surface area contributed by atoms with Gasteiger partial charge in [-0.15, -0.1) is 0 Å². The molecule has 3 aromatic rings. The Morgan fingerprint density at radius 1 is 1.12 bits per heavy atom. The molecule has 7 heteroatoms. The number of methoxy groups -OCH3 is 2. The zero-order chi connectivity index (χ0) is 24.4. The number of fused-ring (bicyclic) bond motifs is 1. The summed E-state index contributed by atoms with van der Waals surface area (Å²) in [7, 11) is 4.86. The van der Waals surface area contributed by atoms with Crippen LogP contribution < -0.4 is 14.8 Å². The van der Waals surface area contributed by atoms with Crippen molar-refractivity contribution in [2.75, 3.05) is 14.2 Å². The Morgan fingerprint density at radius 2 is 1.82 bits per heavy atom. The largest absolute Gasteiger partial charge is 0.502 e. The number of aromatic nitrogens is 1. The number of ether oxygens (including phenoxy) is 2. The standard InChI is InChI=1S/C27H27FN2O4/c1-16-21(10-17-11-24(33-3)27(32)25(12-17)34-4)20-8-7-18(28)13-23(20)22(16)14-26(31)29-15-19-6-5-9-30(19)2/h5-13,32H,14-15H2,1-4H3,(H,29,31)/b21-10-. The third kappa shape index (κ3) is 4.41. The molecule has 2 aromatic carbocycles. The van der Waals surface area contributed by atoms with E-state index >= 15 is 0 Å². The van der Waals surface area contributed by atoms with Gasteiger partial charge in [0.2, 0.25) is 11.7 Å². The van der Waals surface area contributed by atoms with Crippen LogP contribution in [0, 0.1) is 5.82 Å². The van der Waals surface area contributed by atoms with Gasteiger partial charge in [0.1, 0.15) is 5.82 Å². The molecule has 0 unspecified atom stereocenters. The van der Waals surface area contributed by atoms with E-state index in [1.165, 1.54) is 26.4 Å². The summed E-state index contributed by atoms with van der Waals surface area (Å²) in [6.07, 6.45) is 3.98. The normalized spacial score (nSPS) is 13.9. The Kier molecular flexibility index (Phi) is 6.45. The second-order valence-electron chi connectivity index (χ2n) is 8.19. The van der Waals surface area contributed by atoms with Gasteiger partial charge < -0.3 is 24.5 Å². The fraction of sp³-hybridized carbons (Fsp3) is 0.222. The minimum absolute atomic E-state index is 0.0797. The number of aromatic hydroxyl groups is 1. The molecule has 1 aliphatic carbocycles. The maximum atomic E-state index is 14.2. The summed E-state index contributed by atoms with van der Waals surface area (Å²) in [4.78, 5) is 12.8. The predicted octanol–water partition coefficient (Wildman–Crippen LogP) is 4.92. The lowest BCUT2D eigenvalue weighted by Gasteiger charge is -2.11. The van der Waals surface area contributed by atoms with Crippen LogP contribution in [-0.2, 0) is 18.4 Å². The highest BCUT2D eigenvalue weighted by molar-refractivity contribution is 6.08. The molecule has 0 aliphatic heterocycles. The van der Waals surface area contributed by atoms with Gasteiger partial charge in [0.25, 0.3) is 0 Å². The maximum Gasteiger partial charge on any atom is 0.224 e. The van der Waals surface area contributed by atoms with Crippen LogP contribution in [0.2, 0.25) is 0 Å². The lowest BCUT2D eigenvalue weighted by Crippen LogP contribution is -2.23. The van der Waals surface area contributed by atoms with Crippen LogP contribution in [0.1, 0.15) is 35.7 Å². The lowest BCUT2D eigenvalue weighted by molar-refractivity contribution is -0.120. The molecular formula is C27H27FN2O4. The van der Waals surface area contributed by atoms with Gasteiger partial charge in [-0.2, -0.15) is 0 Å². The lowest BCUT2D eigenvalue weighted by atomic mass is 10.00. The van der Waals surface area contributed by atoms with Crippen molar-refractivity contribution in [1.82, 2.24) is 9.88 Å². The van der Waals surface area contributed by atoms with Crippen LogP contribution in [-0.4, -0.2) is 29.8 Å². The summed E-state index contributed by atoms with van der Waals surface area (Å²) in [5.41, 5.74) is 5.82. The molecule has 1 aliphatic rings. The van der Waals surface area contributed by atoms with Crippen LogP contribution in [0.15, 0.2) is 54.2 Å². The number of nitrogens with one attached hydrogen (secondary N) is 1. The van der Waals surface area contributed by atoms with E-state index in [4.69, 9.17) is 9.47 Å². The highest BCUT2D eigenvalue weighted by Gasteiger charge is 2.26. The average molecular weight is 463 g/mol. The molecular weight excluding hydrogens is 435 g/mol. The van der Waals surface area contributed by atoms with Crippen molar-refractivity contribution in [2.24, 2.45) is 7.05 Å². The molecule has 176 valence electrons. The van der Waals surface area contributed by atoms with Crippen molar-refractivity contribution in [3.05, 3.63) is 82.4 Å². The van der Waals surface area contributed by atoms with Crippen LogP contribution in [0.3, 0.4) is 0 Å². The first-order valence-corrected chi connectivity index (χ1v) is 10.9. The molecule has 4 rings (SSSR count). The van der Waals surface area contributed by atoms with Crippen molar-refractivity contribution in [3.63, 3.8) is 0 Å². The topological polar surface area (TPSA) is 72.7 Å². The van der Waals surface area contributed by atoms with Crippen LogP contribution in [0.25, 0.3) is 17.2 Å². The average Bonchev–Trinajstić information content (AvgIpc) is 3.34. The van der Waals surface area contributed by atoms with Gasteiger partial charge in [-0.1, -0.05) is 6.07 Å². The van der Waals surface area contributed by atoms with Gasteiger partial charge in [0.15, 0.2) is 11.5 Å². The first-order chi connectivity index (χ1) is 16.3. The fourth-order valence-electron chi connectivity index (χ4n) is 4.24. The molecule has 0 spiro atoms. The van der Waals surface area contributed by atoms with Gasteiger partial charge in [-0.3, -0.25) is 4.79 Å². The number of benzene rings is 2. The summed E-state index contributed by atoms with van der Waals surface area (Å²) >= 11 is 0. The van der Waals surface area contributed by atoms with E-state index in [2.05, 4.69) is 5.32 Å². The minimum atomic E-state index is -0.359. The number of nitrogens with zero attached hydrogens (tertiary/aromatic N) is 1. The molecule has 6 nitrogen and oxygen atoms in total. The summed E-state index contributed by atoms with van der Waals surface area (Å²) in [6, 6.07) is 11.9. The highest BCUT2D eigenvalue weighted by Crippen LogP contribution is 2.45. The van der Waals surface area contributed by atoms with Gasteiger partial charge in [-0.05, 0) is 82.8 Å². The summed E-state index contributed by atoms with van der Waals surface area (Å²) in [5.74, 6) is -0.0118. The Morgan fingerprint density at radius 3 is 2.44 bits per heavy atom. The second kappa shape index (κ2) is 9.47. The number of hydrogen-bond acceptors (Lipinski definition) is 4. The van der Waals surface area contributed by atoms with E-state index in [-0.39, 0.29) is 35.4 Å². The molecule has 0 saturated heterocycles. The number of carbonyl (C=O) groups is 1. The summed E-state index contributed by atoms with van der Waals surface area (Å²) in [6.45, 7) is 2.35. The maximum absolute atomic E-state index is 14.2. The molecule has 0 atom stereocenters. The van der Waals surface area contributed by atoms with Gasteiger partial charge in [0, 0.05) is 18.9 Å². The van der Waals surface area contributed by atoms with Crippen LogP contribution >= 0.6 is 0 Å². The highest BCUT2D eigenvalue weighted by atomic mass is 19.1. The third-order valence-electron chi connectivity index (χ3n) is 6.12. The van der Waals surface area contributed by atoms with Crippen molar-refractivity contribution < 1.29 is 23.8 Å². The molecule has 0 radical (unpaired) electrons. The molecule has 0 fully saturated rings. The molecule has 0 bridgehead atoms. The molecule has 1 aromatic heterocycles. The molecule has 0 saturated carbocycles. The summed E-state index contributed by atoms with van der Waals surface area (Å²) < 4.78 is 26.7. The van der Waals surface area contributed by atoms with Crippen molar-refractivity contribution in [1.29, 1.82) is 0 Å². The van der Waals surface area contributed by atoms with Gasteiger partial charge >= 0.3 is 0 Å². The van der Waals surface area contributed by atoms with E-state index in [1.54, 1.807) is 18.2 Å². The summed E-state index contributed by atoms with van der Waals surface area (Å²) in [5, 5.41) is 13.2. The second-order valence-corrected chi connectivity index (χ2v) is 8.19. The first kappa shape index (κ1) is 23.2. The molecule has 1 amide bonds. The van der Waals surface area contributed by atoms with Gasteiger partial charge in [-0.25, -0.2) is 4.39 Å². The number of aryl methyl sites for hydroxylation is 1. The molecule has 34 heavy (non-hydrogen) atoms. The van der Waals surface area contributed by atoms with Crippen molar-refractivity contribution >= 4 is 23.1 Å². The number of phenolic OH excluding ortho intramolecular Hbond substituents is 1.